The average molecular weight is 306 g/mol. The van der Waals surface area contributed by atoms with Crippen LogP contribution in [0.2, 0.25) is 5.02 Å². The quantitative estimate of drug-likeness (QED) is 0.805. The number of carbonyl (C=O) groups excluding carboxylic acids is 1. The SMILES string of the molecule is C=CCN(CCO)C(=O)c1cc(-c2ccc(Cl)cc2)n[nH]1. The van der Waals surface area contributed by atoms with Crippen LogP contribution in [-0.4, -0.2) is 45.8 Å². The molecular weight excluding hydrogens is 290 g/mol. The maximum atomic E-state index is 12.3. The monoisotopic (exact) mass is 305 g/mol. The molecule has 1 aromatic carbocycles. The van der Waals surface area contributed by atoms with E-state index in [4.69, 9.17) is 16.7 Å². The van der Waals surface area contributed by atoms with E-state index in [9.17, 15) is 4.79 Å². The number of aliphatic hydroxyl groups excluding tert-OH is 1. The Bertz CT molecular complexity index is 622. The summed E-state index contributed by atoms with van der Waals surface area (Å²) in [5.41, 5.74) is 1.90. The third-order valence-corrected chi connectivity index (χ3v) is 3.21. The van der Waals surface area contributed by atoms with Crippen molar-refractivity contribution in [2.45, 2.75) is 0 Å². The van der Waals surface area contributed by atoms with Gasteiger partial charge >= 0.3 is 0 Å². The van der Waals surface area contributed by atoms with Gasteiger partial charge in [-0.15, -0.1) is 6.58 Å². The predicted octanol–water partition coefficient (Wildman–Crippen LogP) is 2.35. The lowest BCUT2D eigenvalue weighted by Gasteiger charge is -2.18. The standard InChI is InChI=1S/C15H16ClN3O2/c1-2-7-19(8-9-20)15(21)14-10-13(17-18-14)11-3-5-12(16)6-4-11/h2-6,10,20H,1,7-9H2,(H,17,18). The van der Waals surface area contributed by atoms with Gasteiger partial charge in [-0.1, -0.05) is 29.8 Å². The van der Waals surface area contributed by atoms with Gasteiger partial charge in [-0.3, -0.25) is 9.89 Å². The Morgan fingerprint density at radius 3 is 2.76 bits per heavy atom. The normalized spacial score (nSPS) is 10.4. The number of H-pyrrole nitrogens is 1. The van der Waals surface area contributed by atoms with Crippen molar-refractivity contribution < 1.29 is 9.90 Å². The lowest BCUT2D eigenvalue weighted by atomic mass is 10.1. The number of aliphatic hydroxyl groups is 1. The van der Waals surface area contributed by atoms with Gasteiger partial charge in [0.25, 0.3) is 5.91 Å². The third-order valence-electron chi connectivity index (χ3n) is 2.95. The molecule has 1 heterocycles. The molecule has 0 aliphatic rings. The van der Waals surface area contributed by atoms with Gasteiger partial charge in [0.1, 0.15) is 5.69 Å². The smallest absolute Gasteiger partial charge is 0.272 e. The molecule has 21 heavy (non-hydrogen) atoms. The first-order chi connectivity index (χ1) is 10.2. The first-order valence-corrected chi connectivity index (χ1v) is 6.86. The van der Waals surface area contributed by atoms with Gasteiger partial charge in [0, 0.05) is 23.7 Å². The molecule has 0 aliphatic heterocycles. The number of nitrogens with one attached hydrogen (secondary N) is 1. The number of rotatable bonds is 6. The molecule has 2 N–H and O–H groups in total. The van der Waals surface area contributed by atoms with Crippen LogP contribution < -0.4 is 0 Å². The number of carbonyl (C=O) groups is 1. The first kappa shape index (κ1) is 15.3. The van der Waals surface area contributed by atoms with Crippen molar-refractivity contribution in [2.24, 2.45) is 0 Å². The summed E-state index contributed by atoms with van der Waals surface area (Å²) in [5.74, 6) is -0.225. The van der Waals surface area contributed by atoms with E-state index in [-0.39, 0.29) is 19.1 Å². The van der Waals surface area contributed by atoms with Crippen LogP contribution in [0.5, 0.6) is 0 Å². The second kappa shape index (κ2) is 7.06. The zero-order valence-electron chi connectivity index (χ0n) is 11.4. The minimum absolute atomic E-state index is 0.0994. The van der Waals surface area contributed by atoms with Gasteiger partial charge in [-0.25, -0.2) is 0 Å². The van der Waals surface area contributed by atoms with Gasteiger partial charge in [0.05, 0.1) is 12.3 Å². The Balaban J connectivity index is 2.20. The van der Waals surface area contributed by atoms with Gasteiger partial charge in [0.15, 0.2) is 0 Å². The molecule has 0 atom stereocenters. The van der Waals surface area contributed by atoms with Crippen molar-refractivity contribution in [1.82, 2.24) is 15.1 Å². The second-order valence-electron chi connectivity index (χ2n) is 4.44. The van der Waals surface area contributed by atoms with Crippen LogP contribution in [0, 0.1) is 0 Å². The second-order valence-corrected chi connectivity index (χ2v) is 4.87. The molecular formula is C15H16ClN3O2. The summed E-state index contributed by atoms with van der Waals surface area (Å²) in [5, 5.41) is 16.5. The molecule has 2 aromatic rings. The number of halogens is 1. The van der Waals surface area contributed by atoms with Crippen molar-refractivity contribution in [2.75, 3.05) is 19.7 Å². The molecule has 1 amide bonds. The number of aromatic nitrogens is 2. The molecule has 2 rings (SSSR count). The van der Waals surface area contributed by atoms with Crippen LogP contribution >= 0.6 is 11.6 Å². The van der Waals surface area contributed by atoms with Crippen molar-refractivity contribution >= 4 is 17.5 Å². The Labute approximate surface area is 127 Å². The summed E-state index contributed by atoms with van der Waals surface area (Å²) < 4.78 is 0. The van der Waals surface area contributed by atoms with E-state index in [1.54, 1.807) is 24.3 Å². The zero-order valence-corrected chi connectivity index (χ0v) is 12.2. The number of nitrogens with zero attached hydrogens (tertiary/aromatic N) is 2. The Kier molecular flexibility index (Phi) is 5.14. The lowest BCUT2D eigenvalue weighted by molar-refractivity contribution is 0.0737. The van der Waals surface area contributed by atoms with Gasteiger partial charge in [-0.2, -0.15) is 5.10 Å². The van der Waals surface area contributed by atoms with Crippen LogP contribution in [-0.2, 0) is 0 Å². The third kappa shape index (κ3) is 3.71. The van der Waals surface area contributed by atoms with Crippen LogP contribution in [0.15, 0.2) is 43.0 Å². The van der Waals surface area contributed by atoms with E-state index >= 15 is 0 Å². The van der Waals surface area contributed by atoms with Gasteiger partial charge < -0.3 is 10.0 Å². The van der Waals surface area contributed by atoms with Crippen LogP contribution in [0.4, 0.5) is 0 Å². The van der Waals surface area contributed by atoms with Gasteiger partial charge in [-0.05, 0) is 18.2 Å². The minimum atomic E-state index is -0.225. The molecule has 110 valence electrons. The number of benzene rings is 1. The molecule has 0 saturated carbocycles. The Morgan fingerprint density at radius 2 is 2.14 bits per heavy atom. The Hall–Kier alpha value is -2.11. The summed E-state index contributed by atoms with van der Waals surface area (Å²) in [6.07, 6.45) is 1.62. The largest absolute Gasteiger partial charge is 0.395 e. The number of amides is 1. The molecule has 0 saturated heterocycles. The summed E-state index contributed by atoms with van der Waals surface area (Å²) in [7, 11) is 0. The highest BCUT2D eigenvalue weighted by Gasteiger charge is 2.17. The van der Waals surface area contributed by atoms with E-state index < -0.39 is 0 Å². The molecule has 0 bridgehead atoms. The van der Waals surface area contributed by atoms with E-state index in [1.807, 2.05) is 12.1 Å². The average Bonchev–Trinajstić information content (AvgIpc) is 2.97. The van der Waals surface area contributed by atoms with Crippen molar-refractivity contribution in [3.8, 4) is 11.3 Å². The van der Waals surface area contributed by atoms with Gasteiger partial charge in [0.2, 0.25) is 0 Å². The lowest BCUT2D eigenvalue weighted by Crippen LogP contribution is -2.33. The molecule has 0 unspecified atom stereocenters. The topological polar surface area (TPSA) is 69.2 Å². The molecule has 0 fully saturated rings. The van der Waals surface area contributed by atoms with E-state index in [1.165, 1.54) is 4.90 Å². The van der Waals surface area contributed by atoms with E-state index in [0.29, 0.717) is 23.0 Å². The Morgan fingerprint density at radius 1 is 1.43 bits per heavy atom. The highest BCUT2D eigenvalue weighted by atomic mass is 35.5. The fourth-order valence-corrected chi connectivity index (χ4v) is 2.05. The minimum Gasteiger partial charge on any atom is -0.395 e. The van der Waals surface area contributed by atoms with Crippen molar-refractivity contribution in [1.29, 1.82) is 0 Å². The molecule has 0 aliphatic carbocycles. The van der Waals surface area contributed by atoms with Crippen molar-refractivity contribution in [3.63, 3.8) is 0 Å². The fraction of sp³-hybridized carbons (Fsp3) is 0.200. The summed E-state index contributed by atoms with van der Waals surface area (Å²) in [4.78, 5) is 13.8. The summed E-state index contributed by atoms with van der Waals surface area (Å²) in [6.45, 7) is 4.13. The van der Waals surface area contributed by atoms with Crippen LogP contribution in [0.25, 0.3) is 11.3 Å². The molecule has 5 nitrogen and oxygen atoms in total. The number of aromatic amines is 1. The van der Waals surface area contributed by atoms with E-state index in [2.05, 4.69) is 16.8 Å². The van der Waals surface area contributed by atoms with E-state index in [0.717, 1.165) is 5.56 Å². The molecule has 1 aromatic heterocycles. The van der Waals surface area contributed by atoms with Crippen molar-refractivity contribution in [3.05, 3.63) is 53.7 Å². The molecule has 0 radical (unpaired) electrons. The molecule has 6 heteroatoms. The highest BCUT2D eigenvalue weighted by molar-refractivity contribution is 6.30. The fourth-order valence-electron chi connectivity index (χ4n) is 1.92. The van der Waals surface area contributed by atoms with Crippen LogP contribution in [0.3, 0.4) is 0 Å². The highest BCUT2D eigenvalue weighted by Crippen LogP contribution is 2.20. The molecule has 0 spiro atoms. The maximum Gasteiger partial charge on any atom is 0.272 e. The number of hydrogen-bond donors (Lipinski definition) is 2. The maximum absolute atomic E-state index is 12.3. The predicted molar refractivity (Wildman–Crippen MR) is 82.2 cm³/mol. The summed E-state index contributed by atoms with van der Waals surface area (Å²) >= 11 is 5.84. The zero-order chi connectivity index (χ0) is 15.2. The number of hydrogen-bond acceptors (Lipinski definition) is 3. The van der Waals surface area contributed by atoms with Crippen LogP contribution in [0.1, 0.15) is 10.5 Å². The first-order valence-electron chi connectivity index (χ1n) is 6.48. The summed E-state index contributed by atoms with van der Waals surface area (Å²) in [6, 6.07) is 8.88.